The average Bonchev–Trinajstić information content (AvgIpc) is 2.64. The molecule has 0 fully saturated rings. The number of hydrogen-bond acceptors (Lipinski definition) is 8. The van der Waals surface area contributed by atoms with Crippen LogP contribution in [0.15, 0.2) is 36.4 Å². The number of methoxy groups -OCH3 is 2. The molecule has 0 aliphatic rings. The van der Waals surface area contributed by atoms with E-state index in [4.69, 9.17) is 9.47 Å². The molecule has 2 aromatic rings. The standard InChI is InChI=1S/C15H14N4O7/c1-25-13-6-3-9(7-14(13)26-2)15(20)17-16-11-5-4-10(18(21)22)8-12(11)19(23)24/h3-8,16H,1-2H3,(H,17,20). The van der Waals surface area contributed by atoms with Gasteiger partial charge in [0.1, 0.15) is 5.69 Å². The number of hydrazine groups is 1. The highest BCUT2D eigenvalue weighted by Crippen LogP contribution is 2.29. The molecule has 0 radical (unpaired) electrons. The van der Waals surface area contributed by atoms with Gasteiger partial charge >= 0.3 is 5.69 Å². The fraction of sp³-hybridized carbons (Fsp3) is 0.133. The number of carbonyl (C=O) groups excluding carboxylic acids is 1. The van der Waals surface area contributed by atoms with E-state index in [1.54, 1.807) is 0 Å². The molecule has 0 heterocycles. The molecular weight excluding hydrogens is 348 g/mol. The largest absolute Gasteiger partial charge is 0.493 e. The number of amides is 1. The second kappa shape index (κ2) is 7.79. The van der Waals surface area contributed by atoms with Gasteiger partial charge in [0.25, 0.3) is 11.6 Å². The Balaban J connectivity index is 2.19. The van der Waals surface area contributed by atoms with E-state index in [-0.39, 0.29) is 11.3 Å². The van der Waals surface area contributed by atoms with E-state index in [0.29, 0.717) is 11.5 Å². The Kier molecular flexibility index (Phi) is 5.53. The van der Waals surface area contributed by atoms with Crippen molar-refractivity contribution in [2.45, 2.75) is 0 Å². The zero-order chi connectivity index (χ0) is 19.3. The summed E-state index contributed by atoms with van der Waals surface area (Å²) in [5, 5.41) is 21.8. The second-order valence-electron chi connectivity index (χ2n) is 4.86. The van der Waals surface area contributed by atoms with Crippen LogP contribution in [0.5, 0.6) is 11.5 Å². The lowest BCUT2D eigenvalue weighted by Crippen LogP contribution is -2.29. The van der Waals surface area contributed by atoms with Gasteiger partial charge in [0.05, 0.1) is 30.1 Å². The third-order valence-electron chi connectivity index (χ3n) is 3.35. The molecule has 136 valence electrons. The molecule has 0 aliphatic carbocycles. The lowest BCUT2D eigenvalue weighted by molar-refractivity contribution is -0.393. The Morgan fingerprint density at radius 2 is 1.65 bits per heavy atom. The van der Waals surface area contributed by atoms with Gasteiger partial charge in [-0.25, -0.2) is 0 Å². The maximum atomic E-state index is 12.2. The molecule has 0 saturated heterocycles. The molecule has 0 aliphatic heterocycles. The molecular formula is C15H14N4O7. The van der Waals surface area contributed by atoms with E-state index in [0.717, 1.165) is 18.2 Å². The van der Waals surface area contributed by atoms with Crippen molar-refractivity contribution in [3.63, 3.8) is 0 Å². The zero-order valence-corrected chi connectivity index (χ0v) is 13.7. The van der Waals surface area contributed by atoms with Crippen molar-refractivity contribution in [1.29, 1.82) is 0 Å². The zero-order valence-electron chi connectivity index (χ0n) is 13.7. The lowest BCUT2D eigenvalue weighted by atomic mass is 10.2. The van der Waals surface area contributed by atoms with E-state index < -0.39 is 27.1 Å². The summed E-state index contributed by atoms with van der Waals surface area (Å²) in [5.41, 5.74) is 3.80. The molecule has 0 bridgehead atoms. The van der Waals surface area contributed by atoms with Crippen molar-refractivity contribution in [1.82, 2.24) is 5.43 Å². The Bertz CT molecular complexity index is 869. The minimum atomic E-state index is -0.794. The van der Waals surface area contributed by atoms with Crippen LogP contribution in [-0.2, 0) is 0 Å². The Labute approximate surface area is 146 Å². The van der Waals surface area contributed by atoms with Crippen LogP contribution in [0.25, 0.3) is 0 Å². The number of carbonyl (C=O) groups is 1. The number of hydrogen-bond donors (Lipinski definition) is 2. The smallest absolute Gasteiger partial charge is 0.300 e. The number of ether oxygens (including phenoxy) is 2. The number of nitro benzene ring substituents is 2. The number of nitrogens with one attached hydrogen (secondary N) is 2. The number of nitrogens with zero attached hydrogens (tertiary/aromatic N) is 2. The monoisotopic (exact) mass is 362 g/mol. The van der Waals surface area contributed by atoms with Gasteiger partial charge in [-0.1, -0.05) is 0 Å². The van der Waals surface area contributed by atoms with E-state index in [1.165, 1.54) is 32.4 Å². The first-order valence-electron chi connectivity index (χ1n) is 7.08. The van der Waals surface area contributed by atoms with Crippen LogP contribution in [0.4, 0.5) is 17.1 Å². The fourth-order valence-electron chi connectivity index (χ4n) is 2.06. The quantitative estimate of drug-likeness (QED) is 0.563. The van der Waals surface area contributed by atoms with Crippen molar-refractivity contribution in [2.24, 2.45) is 0 Å². The minimum Gasteiger partial charge on any atom is -0.493 e. The highest BCUT2D eigenvalue weighted by atomic mass is 16.6. The summed E-state index contributed by atoms with van der Waals surface area (Å²) in [5.74, 6) is 0.170. The van der Waals surface area contributed by atoms with E-state index >= 15 is 0 Å². The van der Waals surface area contributed by atoms with Gasteiger partial charge in [0.15, 0.2) is 11.5 Å². The van der Waals surface area contributed by atoms with Crippen LogP contribution in [0.3, 0.4) is 0 Å². The van der Waals surface area contributed by atoms with Crippen LogP contribution in [-0.4, -0.2) is 30.0 Å². The van der Waals surface area contributed by atoms with Crippen LogP contribution in [0, 0.1) is 20.2 Å². The van der Waals surface area contributed by atoms with Gasteiger partial charge in [-0.15, -0.1) is 0 Å². The summed E-state index contributed by atoms with van der Waals surface area (Å²) < 4.78 is 10.2. The Morgan fingerprint density at radius 1 is 0.962 bits per heavy atom. The molecule has 0 saturated carbocycles. The predicted molar refractivity (Wildman–Crippen MR) is 90.4 cm³/mol. The predicted octanol–water partition coefficient (Wildman–Crippen LogP) is 2.28. The average molecular weight is 362 g/mol. The Morgan fingerprint density at radius 3 is 2.23 bits per heavy atom. The van der Waals surface area contributed by atoms with Gasteiger partial charge in [-0.05, 0) is 24.3 Å². The normalized spacial score (nSPS) is 9.92. The fourth-order valence-corrected chi connectivity index (χ4v) is 2.06. The minimum absolute atomic E-state index is 0.102. The highest BCUT2D eigenvalue weighted by Gasteiger charge is 2.20. The van der Waals surface area contributed by atoms with Crippen molar-refractivity contribution in [3.05, 3.63) is 62.2 Å². The summed E-state index contributed by atoms with van der Waals surface area (Å²) in [4.78, 5) is 32.4. The van der Waals surface area contributed by atoms with Gasteiger partial charge < -0.3 is 9.47 Å². The lowest BCUT2D eigenvalue weighted by Gasteiger charge is -2.11. The molecule has 11 heteroatoms. The first kappa shape index (κ1) is 18.4. The summed E-state index contributed by atoms with van der Waals surface area (Å²) in [6, 6.07) is 7.44. The topological polar surface area (TPSA) is 146 Å². The van der Waals surface area contributed by atoms with Gasteiger partial charge in [-0.2, -0.15) is 0 Å². The summed E-state index contributed by atoms with van der Waals surface area (Å²) >= 11 is 0. The van der Waals surface area contributed by atoms with E-state index in [1.807, 2.05) is 0 Å². The summed E-state index contributed by atoms with van der Waals surface area (Å²) in [6.07, 6.45) is 0. The van der Waals surface area contributed by atoms with Gasteiger partial charge in [0.2, 0.25) is 0 Å². The molecule has 1 amide bonds. The number of benzene rings is 2. The molecule has 2 rings (SSSR count). The third-order valence-corrected chi connectivity index (χ3v) is 3.35. The molecule has 0 aromatic heterocycles. The van der Waals surface area contributed by atoms with Crippen LogP contribution in [0.1, 0.15) is 10.4 Å². The second-order valence-corrected chi connectivity index (χ2v) is 4.86. The van der Waals surface area contributed by atoms with Crippen molar-refractivity contribution in [3.8, 4) is 11.5 Å². The number of anilines is 1. The van der Waals surface area contributed by atoms with Gasteiger partial charge in [0, 0.05) is 11.6 Å². The van der Waals surface area contributed by atoms with E-state index in [9.17, 15) is 25.0 Å². The molecule has 26 heavy (non-hydrogen) atoms. The van der Waals surface area contributed by atoms with Crippen molar-refractivity contribution >= 4 is 23.0 Å². The number of non-ortho nitro benzene ring substituents is 1. The molecule has 0 spiro atoms. The number of rotatable bonds is 7. The van der Waals surface area contributed by atoms with Crippen LogP contribution in [0.2, 0.25) is 0 Å². The molecule has 2 N–H and O–H groups in total. The maximum Gasteiger partial charge on any atom is 0.300 e. The molecule has 0 unspecified atom stereocenters. The molecule has 0 atom stereocenters. The Hall–Kier alpha value is -3.89. The summed E-state index contributed by atoms with van der Waals surface area (Å²) in [7, 11) is 2.87. The molecule has 11 nitrogen and oxygen atoms in total. The molecule has 2 aromatic carbocycles. The van der Waals surface area contributed by atoms with Crippen LogP contribution >= 0.6 is 0 Å². The number of nitro groups is 2. The first-order valence-corrected chi connectivity index (χ1v) is 7.08. The maximum absolute atomic E-state index is 12.2. The van der Waals surface area contributed by atoms with Crippen molar-refractivity contribution in [2.75, 3.05) is 19.6 Å². The van der Waals surface area contributed by atoms with Gasteiger partial charge in [-0.3, -0.25) is 35.9 Å². The summed E-state index contributed by atoms with van der Waals surface area (Å²) in [6.45, 7) is 0. The highest BCUT2D eigenvalue weighted by molar-refractivity contribution is 5.95. The van der Waals surface area contributed by atoms with Crippen LogP contribution < -0.4 is 20.3 Å². The third kappa shape index (κ3) is 3.95. The van der Waals surface area contributed by atoms with Crippen molar-refractivity contribution < 1.29 is 24.1 Å². The first-order chi connectivity index (χ1) is 12.4. The van der Waals surface area contributed by atoms with E-state index in [2.05, 4.69) is 10.9 Å². The SMILES string of the molecule is COc1ccc(C(=O)NNc2ccc([N+](=O)[O-])cc2[N+](=O)[O-])cc1OC.